The number of hydrogen-bond acceptors (Lipinski definition) is 5. The van der Waals surface area contributed by atoms with Gasteiger partial charge in [0.2, 0.25) is 0 Å². The molecule has 7 heteroatoms. The number of ether oxygens (including phenoxy) is 3. The van der Waals surface area contributed by atoms with E-state index in [1.807, 2.05) is 0 Å². The number of rotatable bonds is 6. The number of aromatic carboxylic acids is 1. The van der Waals surface area contributed by atoms with Crippen LogP contribution in [0.2, 0.25) is 0 Å². The molecule has 1 saturated heterocycles. The molecular weight excluding hydrogens is 290 g/mol. The summed E-state index contributed by atoms with van der Waals surface area (Å²) in [4.78, 5) is 22.8. The second-order valence-electron chi connectivity index (χ2n) is 4.81. The summed E-state index contributed by atoms with van der Waals surface area (Å²) in [6.07, 6.45) is -0.0346. The van der Waals surface area contributed by atoms with Gasteiger partial charge in [-0.3, -0.25) is 4.79 Å². The van der Waals surface area contributed by atoms with Crippen molar-refractivity contribution in [2.75, 3.05) is 33.5 Å². The lowest BCUT2D eigenvalue weighted by atomic mass is 10.1. The fourth-order valence-electron chi connectivity index (χ4n) is 2.16. The number of carbonyl (C=O) groups is 2. The minimum atomic E-state index is -1.01. The Morgan fingerprint density at radius 1 is 1.41 bits per heavy atom. The molecule has 1 atom stereocenters. The zero-order chi connectivity index (χ0) is 15.9. The summed E-state index contributed by atoms with van der Waals surface area (Å²) in [6, 6.07) is 4.67. The van der Waals surface area contributed by atoms with Gasteiger partial charge in [0.05, 0.1) is 32.5 Å². The summed E-state index contributed by atoms with van der Waals surface area (Å²) in [5.41, 5.74) is 0.992. The number of carbonyl (C=O) groups excluding carboxylic acids is 1. The molecule has 1 unspecified atom stereocenters. The van der Waals surface area contributed by atoms with Crippen LogP contribution in [0.5, 0.6) is 5.75 Å². The van der Waals surface area contributed by atoms with Gasteiger partial charge in [-0.25, -0.2) is 4.79 Å². The van der Waals surface area contributed by atoms with Crippen LogP contribution in [0.15, 0.2) is 18.2 Å². The Morgan fingerprint density at radius 3 is 2.86 bits per heavy atom. The molecular formula is C15H19NO6. The number of nitrogens with one attached hydrogen (secondary N) is 1. The Kier molecular flexibility index (Phi) is 5.74. The third-order valence-electron chi connectivity index (χ3n) is 3.34. The largest absolute Gasteiger partial charge is 0.496 e. The average Bonchev–Trinajstić information content (AvgIpc) is 2.55. The molecule has 0 saturated carbocycles. The Hall–Kier alpha value is -2.12. The van der Waals surface area contributed by atoms with E-state index in [0.717, 1.165) is 5.56 Å². The first-order valence-electron chi connectivity index (χ1n) is 6.99. The molecule has 0 bridgehead atoms. The molecule has 1 amide bonds. The Labute approximate surface area is 128 Å². The van der Waals surface area contributed by atoms with Crippen LogP contribution >= 0.6 is 0 Å². The standard InChI is InChI=1S/C15H19NO6/c1-20-12-8-11(15(18)19)3-2-10(12)4-5-16-14(17)13-9-21-6-7-22-13/h2-3,8,13H,4-7,9H2,1H3,(H,16,17)(H,18,19). The predicted molar refractivity (Wildman–Crippen MR) is 77.2 cm³/mol. The van der Waals surface area contributed by atoms with E-state index in [0.29, 0.717) is 31.9 Å². The molecule has 1 aliphatic heterocycles. The molecule has 7 nitrogen and oxygen atoms in total. The van der Waals surface area contributed by atoms with Crippen LogP contribution in [0.1, 0.15) is 15.9 Å². The van der Waals surface area contributed by atoms with Gasteiger partial charge in [-0.05, 0) is 24.1 Å². The van der Waals surface area contributed by atoms with E-state index in [9.17, 15) is 9.59 Å². The predicted octanol–water partition coefficient (Wildman–Crippen LogP) is 0.468. The molecule has 1 aliphatic rings. The Balaban J connectivity index is 1.88. The van der Waals surface area contributed by atoms with Crippen molar-refractivity contribution in [3.8, 4) is 5.75 Å². The summed E-state index contributed by atoms with van der Waals surface area (Å²) >= 11 is 0. The van der Waals surface area contributed by atoms with Crippen LogP contribution in [0.25, 0.3) is 0 Å². The maximum atomic E-state index is 11.9. The van der Waals surface area contributed by atoms with Crippen LogP contribution in [0, 0.1) is 0 Å². The van der Waals surface area contributed by atoms with Gasteiger partial charge < -0.3 is 24.6 Å². The number of methoxy groups -OCH3 is 1. The highest BCUT2D eigenvalue weighted by atomic mass is 16.6. The SMILES string of the molecule is COc1cc(C(=O)O)ccc1CCNC(=O)C1COCCO1. The number of amides is 1. The van der Waals surface area contributed by atoms with Crippen molar-refractivity contribution in [3.05, 3.63) is 29.3 Å². The van der Waals surface area contributed by atoms with Crippen LogP contribution in [-0.2, 0) is 20.7 Å². The number of carboxylic acid groups (broad SMARTS) is 1. The van der Waals surface area contributed by atoms with Crippen LogP contribution in [-0.4, -0.2) is 56.6 Å². The molecule has 22 heavy (non-hydrogen) atoms. The minimum absolute atomic E-state index is 0.164. The summed E-state index contributed by atoms with van der Waals surface area (Å²) in [7, 11) is 1.48. The quantitative estimate of drug-likeness (QED) is 0.793. The summed E-state index contributed by atoms with van der Waals surface area (Å²) in [5, 5.41) is 11.7. The molecule has 0 aliphatic carbocycles. The van der Waals surface area contributed by atoms with Crippen molar-refractivity contribution in [2.24, 2.45) is 0 Å². The lowest BCUT2D eigenvalue weighted by molar-refractivity contribution is -0.147. The van der Waals surface area contributed by atoms with Crippen molar-refractivity contribution in [1.29, 1.82) is 0 Å². The molecule has 1 aromatic carbocycles. The highest BCUT2D eigenvalue weighted by Crippen LogP contribution is 2.20. The fraction of sp³-hybridized carbons (Fsp3) is 0.467. The van der Waals surface area contributed by atoms with Crippen LogP contribution in [0.3, 0.4) is 0 Å². The van der Waals surface area contributed by atoms with Gasteiger partial charge in [0.15, 0.2) is 6.10 Å². The van der Waals surface area contributed by atoms with E-state index in [4.69, 9.17) is 19.3 Å². The van der Waals surface area contributed by atoms with Crippen molar-refractivity contribution in [3.63, 3.8) is 0 Å². The zero-order valence-corrected chi connectivity index (χ0v) is 12.3. The zero-order valence-electron chi connectivity index (χ0n) is 12.3. The van der Waals surface area contributed by atoms with Gasteiger partial charge in [0.25, 0.3) is 5.91 Å². The Bertz CT molecular complexity index is 539. The summed E-state index contributed by atoms with van der Waals surface area (Å²) in [6.45, 7) is 1.60. The Morgan fingerprint density at radius 2 is 2.23 bits per heavy atom. The van der Waals surface area contributed by atoms with Crippen LogP contribution in [0.4, 0.5) is 0 Å². The average molecular weight is 309 g/mol. The molecule has 1 aromatic rings. The topological polar surface area (TPSA) is 94.1 Å². The first kappa shape index (κ1) is 16.3. The molecule has 0 radical (unpaired) electrons. The van der Waals surface area contributed by atoms with Crippen molar-refractivity contribution >= 4 is 11.9 Å². The number of hydrogen-bond donors (Lipinski definition) is 2. The van der Waals surface area contributed by atoms with E-state index in [1.165, 1.54) is 19.2 Å². The van der Waals surface area contributed by atoms with Gasteiger partial charge in [0, 0.05) is 6.54 Å². The van der Waals surface area contributed by atoms with Crippen molar-refractivity contribution in [1.82, 2.24) is 5.32 Å². The molecule has 1 heterocycles. The molecule has 0 aromatic heterocycles. The van der Waals surface area contributed by atoms with Gasteiger partial charge >= 0.3 is 5.97 Å². The van der Waals surface area contributed by atoms with Gasteiger partial charge in [-0.15, -0.1) is 0 Å². The third-order valence-corrected chi connectivity index (χ3v) is 3.34. The number of benzene rings is 1. The highest BCUT2D eigenvalue weighted by Gasteiger charge is 2.22. The molecule has 1 fully saturated rings. The maximum Gasteiger partial charge on any atom is 0.335 e. The highest BCUT2D eigenvalue weighted by molar-refractivity contribution is 5.88. The first-order valence-corrected chi connectivity index (χ1v) is 6.99. The summed E-state index contributed by atoms with van der Waals surface area (Å²) in [5.74, 6) is -0.722. The van der Waals surface area contributed by atoms with Gasteiger partial charge in [0.1, 0.15) is 5.75 Å². The first-order chi connectivity index (χ1) is 10.6. The maximum absolute atomic E-state index is 11.9. The molecule has 2 rings (SSSR count). The molecule has 2 N–H and O–H groups in total. The van der Waals surface area contributed by atoms with Crippen molar-refractivity contribution in [2.45, 2.75) is 12.5 Å². The molecule has 120 valence electrons. The lowest BCUT2D eigenvalue weighted by Crippen LogP contribution is -2.43. The van der Waals surface area contributed by atoms with E-state index >= 15 is 0 Å². The van der Waals surface area contributed by atoms with E-state index < -0.39 is 12.1 Å². The van der Waals surface area contributed by atoms with E-state index in [-0.39, 0.29) is 18.1 Å². The van der Waals surface area contributed by atoms with E-state index in [2.05, 4.69) is 5.32 Å². The smallest absolute Gasteiger partial charge is 0.335 e. The molecule has 0 spiro atoms. The monoisotopic (exact) mass is 309 g/mol. The lowest BCUT2D eigenvalue weighted by Gasteiger charge is -2.22. The summed E-state index contributed by atoms with van der Waals surface area (Å²) < 4.78 is 15.7. The minimum Gasteiger partial charge on any atom is -0.496 e. The second-order valence-corrected chi connectivity index (χ2v) is 4.81. The third kappa shape index (κ3) is 4.19. The fourth-order valence-corrected chi connectivity index (χ4v) is 2.16. The van der Waals surface area contributed by atoms with Gasteiger partial charge in [-0.2, -0.15) is 0 Å². The van der Waals surface area contributed by atoms with Crippen LogP contribution < -0.4 is 10.1 Å². The second kappa shape index (κ2) is 7.77. The number of carboxylic acids is 1. The van der Waals surface area contributed by atoms with Crippen molar-refractivity contribution < 1.29 is 28.9 Å². The van der Waals surface area contributed by atoms with Gasteiger partial charge in [-0.1, -0.05) is 6.07 Å². The van der Waals surface area contributed by atoms with E-state index in [1.54, 1.807) is 6.07 Å². The normalized spacial score (nSPS) is 17.8.